The molecule has 0 aromatic heterocycles. The number of likely N-dealkylation sites (tertiary alicyclic amines) is 1. The van der Waals surface area contributed by atoms with Crippen molar-refractivity contribution in [3.63, 3.8) is 0 Å². The van der Waals surface area contributed by atoms with Crippen LogP contribution < -0.4 is 15.4 Å². The van der Waals surface area contributed by atoms with Gasteiger partial charge in [0.25, 0.3) is 5.91 Å². The number of hydrogen-bond donors (Lipinski definition) is 3. The van der Waals surface area contributed by atoms with Crippen LogP contribution in [0, 0.1) is 5.92 Å². The van der Waals surface area contributed by atoms with Gasteiger partial charge in [-0.25, -0.2) is 4.79 Å². The highest BCUT2D eigenvalue weighted by Crippen LogP contribution is 2.35. The number of benzene rings is 2. The second kappa shape index (κ2) is 14.3. The van der Waals surface area contributed by atoms with Gasteiger partial charge in [0.1, 0.15) is 11.8 Å². The standard InChI is InChI=1S/C27H29Cl2N3O6S/c1-38-19-5-3-4-18(14-19)25(34)30-15-20(27(36)37)31-26(35)17-10-12-32(13-11-17)22(33)9-7-16-6-8-21(39-2)24(29)23(16)28/h3-9,14,17,20H,10-13,15H2,1-2H3,(H,30,34)(H,31,35)(H,36,37). The van der Waals surface area contributed by atoms with E-state index in [0.29, 0.717) is 52.9 Å². The van der Waals surface area contributed by atoms with Crippen molar-refractivity contribution in [1.82, 2.24) is 15.5 Å². The molecule has 0 radical (unpaired) electrons. The van der Waals surface area contributed by atoms with Crippen molar-refractivity contribution in [2.24, 2.45) is 5.92 Å². The van der Waals surface area contributed by atoms with Crippen molar-refractivity contribution in [2.75, 3.05) is 33.0 Å². The quantitative estimate of drug-likeness (QED) is 0.281. The minimum atomic E-state index is -1.30. The van der Waals surface area contributed by atoms with Gasteiger partial charge < -0.3 is 25.4 Å². The summed E-state index contributed by atoms with van der Waals surface area (Å²) in [5.74, 6) is -2.38. The van der Waals surface area contributed by atoms with E-state index in [-0.39, 0.29) is 12.5 Å². The maximum absolute atomic E-state index is 12.8. The molecule has 39 heavy (non-hydrogen) atoms. The number of carboxylic acid groups (broad SMARTS) is 1. The molecule has 1 atom stereocenters. The first-order valence-corrected chi connectivity index (χ1v) is 14.1. The molecule has 1 aliphatic heterocycles. The van der Waals surface area contributed by atoms with Gasteiger partial charge >= 0.3 is 5.97 Å². The number of nitrogens with one attached hydrogen (secondary N) is 2. The van der Waals surface area contributed by atoms with Crippen LogP contribution in [0.1, 0.15) is 28.8 Å². The molecule has 3 rings (SSSR count). The summed E-state index contributed by atoms with van der Waals surface area (Å²) in [6, 6.07) is 8.75. The van der Waals surface area contributed by atoms with E-state index in [9.17, 15) is 24.3 Å². The van der Waals surface area contributed by atoms with E-state index in [1.165, 1.54) is 31.0 Å². The summed E-state index contributed by atoms with van der Waals surface area (Å²) in [4.78, 5) is 52.0. The van der Waals surface area contributed by atoms with E-state index in [1.807, 2.05) is 12.3 Å². The smallest absolute Gasteiger partial charge is 0.328 e. The Morgan fingerprint density at radius 2 is 1.87 bits per heavy atom. The van der Waals surface area contributed by atoms with E-state index in [4.69, 9.17) is 27.9 Å². The Morgan fingerprint density at radius 1 is 1.15 bits per heavy atom. The molecule has 3 amide bonds. The molecular formula is C27H29Cl2N3O6S. The topological polar surface area (TPSA) is 125 Å². The van der Waals surface area contributed by atoms with Gasteiger partial charge in [-0.3, -0.25) is 14.4 Å². The number of aliphatic carboxylic acids is 1. The first-order chi connectivity index (χ1) is 18.6. The Morgan fingerprint density at radius 3 is 2.51 bits per heavy atom. The van der Waals surface area contributed by atoms with Crippen molar-refractivity contribution in [1.29, 1.82) is 0 Å². The number of methoxy groups -OCH3 is 1. The van der Waals surface area contributed by atoms with Crippen molar-refractivity contribution >= 4 is 64.7 Å². The summed E-state index contributed by atoms with van der Waals surface area (Å²) in [7, 11) is 1.47. The molecular weight excluding hydrogens is 565 g/mol. The van der Waals surface area contributed by atoms with Gasteiger partial charge in [-0.05, 0) is 55.0 Å². The predicted molar refractivity (Wildman–Crippen MR) is 151 cm³/mol. The Kier molecular flexibility index (Phi) is 11.1. The number of rotatable bonds is 10. The Balaban J connectivity index is 1.50. The summed E-state index contributed by atoms with van der Waals surface area (Å²) in [6.07, 6.45) is 5.68. The van der Waals surface area contributed by atoms with Gasteiger partial charge in [-0.2, -0.15) is 0 Å². The van der Waals surface area contributed by atoms with Crippen LogP contribution in [0.15, 0.2) is 47.4 Å². The van der Waals surface area contributed by atoms with Gasteiger partial charge in [0.2, 0.25) is 11.8 Å². The van der Waals surface area contributed by atoms with Crippen LogP contribution in [0.4, 0.5) is 0 Å². The van der Waals surface area contributed by atoms with E-state index < -0.39 is 29.7 Å². The lowest BCUT2D eigenvalue weighted by atomic mass is 9.95. The van der Waals surface area contributed by atoms with Crippen LogP contribution in [-0.4, -0.2) is 72.7 Å². The lowest BCUT2D eigenvalue weighted by Gasteiger charge is -2.31. The minimum absolute atomic E-state index is 0.223. The zero-order chi connectivity index (χ0) is 28.5. The molecule has 0 aliphatic carbocycles. The van der Waals surface area contributed by atoms with E-state index in [0.717, 1.165) is 4.90 Å². The van der Waals surface area contributed by atoms with Crippen LogP contribution in [0.25, 0.3) is 6.08 Å². The molecule has 1 unspecified atom stereocenters. The second-order valence-corrected chi connectivity index (χ2v) is 10.4. The third-order valence-corrected chi connectivity index (χ3v) is 8.08. The highest BCUT2D eigenvalue weighted by Gasteiger charge is 2.30. The zero-order valence-corrected chi connectivity index (χ0v) is 23.7. The number of halogens is 2. The van der Waals surface area contributed by atoms with Crippen molar-refractivity contribution in [2.45, 2.75) is 23.8 Å². The maximum atomic E-state index is 12.8. The fourth-order valence-corrected chi connectivity index (χ4v) is 5.19. The summed E-state index contributed by atoms with van der Waals surface area (Å²) in [6.45, 7) is 0.390. The third-order valence-electron chi connectivity index (χ3n) is 6.29. The van der Waals surface area contributed by atoms with Gasteiger partial charge in [0.15, 0.2) is 0 Å². The molecule has 1 fully saturated rings. The number of amides is 3. The third kappa shape index (κ3) is 8.14. The number of carboxylic acids is 1. The number of carbonyl (C=O) groups excluding carboxylic acids is 3. The lowest BCUT2D eigenvalue weighted by Crippen LogP contribution is -2.51. The van der Waals surface area contributed by atoms with Crippen LogP contribution in [-0.2, 0) is 14.4 Å². The Hall–Kier alpha value is -3.21. The van der Waals surface area contributed by atoms with Gasteiger partial charge in [-0.1, -0.05) is 35.3 Å². The molecule has 0 saturated carbocycles. The van der Waals surface area contributed by atoms with Gasteiger partial charge in [-0.15, -0.1) is 11.8 Å². The summed E-state index contributed by atoms with van der Waals surface area (Å²) in [5, 5.41) is 15.4. The largest absolute Gasteiger partial charge is 0.497 e. The zero-order valence-electron chi connectivity index (χ0n) is 21.4. The number of ether oxygens (including phenoxy) is 1. The molecule has 2 aromatic rings. The van der Waals surface area contributed by atoms with Crippen LogP contribution >= 0.6 is 35.0 Å². The van der Waals surface area contributed by atoms with E-state index >= 15 is 0 Å². The van der Waals surface area contributed by atoms with Gasteiger partial charge in [0.05, 0.1) is 17.2 Å². The first-order valence-electron chi connectivity index (χ1n) is 12.1. The number of thioether (sulfide) groups is 1. The number of hydrogen-bond acceptors (Lipinski definition) is 6. The Bertz CT molecular complexity index is 1260. The fourth-order valence-electron chi connectivity index (χ4n) is 4.01. The summed E-state index contributed by atoms with van der Waals surface area (Å²) >= 11 is 14.0. The number of nitrogens with zero attached hydrogens (tertiary/aromatic N) is 1. The van der Waals surface area contributed by atoms with Crippen LogP contribution in [0.2, 0.25) is 10.0 Å². The second-order valence-electron chi connectivity index (χ2n) is 8.76. The van der Waals surface area contributed by atoms with E-state index in [1.54, 1.807) is 35.2 Å². The molecule has 3 N–H and O–H groups in total. The van der Waals surface area contributed by atoms with Crippen molar-refractivity contribution in [3.05, 3.63) is 63.6 Å². The predicted octanol–water partition coefficient (Wildman–Crippen LogP) is 3.98. The average Bonchev–Trinajstić information content (AvgIpc) is 2.95. The normalized spacial score (nSPS) is 14.6. The van der Waals surface area contributed by atoms with Crippen molar-refractivity contribution in [3.8, 4) is 5.75 Å². The molecule has 2 aromatic carbocycles. The molecule has 1 aliphatic rings. The molecule has 0 spiro atoms. The molecule has 0 bridgehead atoms. The number of piperidine rings is 1. The Labute approximate surface area is 240 Å². The molecule has 1 heterocycles. The molecule has 9 nitrogen and oxygen atoms in total. The van der Waals surface area contributed by atoms with Crippen LogP contribution in [0.3, 0.4) is 0 Å². The average molecular weight is 595 g/mol. The first kappa shape index (κ1) is 30.3. The van der Waals surface area contributed by atoms with Crippen molar-refractivity contribution < 1.29 is 29.0 Å². The maximum Gasteiger partial charge on any atom is 0.328 e. The highest BCUT2D eigenvalue weighted by molar-refractivity contribution is 7.98. The number of carbonyl (C=O) groups is 4. The van der Waals surface area contributed by atoms with E-state index in [2.05, 4.69) is 10.6 Å². The monoisotopic (exact) mass is 593 g/mol. The van der Waals surface area contributed by atoms with Crippen LogP contribution in [0.5, 0.6) is 5.75 Å². The molecule has 12 heteroatoms. The lowest BCUT2D eigenvalue weighted by molar-refractivity contribution is -0.142. The fraction of sp³-hybridized carbons (Fsp3) is 0.333. The summed E-state index contributed by atoms with van der Waals surface area (Å²) < 4.78 is 5.09. The SMILES string of the molecule is COc1cccc(C(=O)NCC(NC(=O)C2CCN(C(=O)C=Cc3ccc(SC)c(Cl)c3Cl)CC2)C(=O)O)c1. The highest BCUT2D eigenvalue weighted by atomic mass is 35.5. The summed E-state index contributed by atoms with van der Waals surface area (Å²) in [5.41, 5.74) is 0.929. The molecule has 208 valence electrons. The van der Waals surface area contributed by atoms with Gasteiger partial charge in [0, 0.05) is 42.1 Å². The minimum Gasteiger partial charge on any atom is -0.497 e. The molecule has 1 saturated heterocycles.